The van der Waals surface area contributed by atoms with Crippen LogP contribution >= 0.6 is 0 Å². The summed E-state index contributed by atoms with van der Waals surface area (Å²) in [7, 11) is 1.58. The molecule has 0 bridgehead atoms. The second kappa shape index (κ2) is 13.7. The van der Waals surface area contributed by atoms with Crippen LogP contribution in [0.2, 0.25) is 0 Å². The normalized spacial score (nSPS) is 16.6. The summed E-state index contributed by atoms with van der Waals surface area (Å²) in [5.74, 6) is -0.363. The van der Waals surface area contributed by atoms with E-state index in [1.54, 1.807) is 25.3 Å². The number of aryl methyl sites for hydroxylation is 1. The Kier molecular flexibility index (Phi) is 11.0. The summed E-state index contributed by atoms with van der Waals surface area (Å²) >= 11 is 0. The third kappa shape index (κ3) is 9.37. The number of hydrogen-bond donors (Lipinski definition) is 2. The van der Waals surface area contributed by atoms with E-state index in [0.717, 1.165) is 16.7 Å². The number of allylic oxidation sites excluding steroid dienone is 9. The summed E-state index contributed by atoms with van der Waals surface area (Å²) in [6, 6.07) is 5.40. The first-order valence-electron chi connectivity index (χ1n) is 12.6. The summed E-state index contributed by atoms with van der Waals surface area (Å²) in [6.07, 6.45) is 16.7. The fourth-order valence-electron chi connectivity index (χ4n) is 4.55. The van der Waals surface area contributed by atoms with Gasteiger partial charge in [-0.3, -0.25) is 9.59 Å². The number of carboxylic acids is 1. The molecule has 0 aliphatic heterocycles. The fourth-order valence-corrected chi connectivity index (χ4v) is 4.55. The van der Waals surface area contributed by atoms with Crippen LogP contribution in [0.1, 0.15) is 72.3 Å². The largest absolute Gasteiger partial charge is 0.496 e. The molecule has 0 saturated carbocycles. The minimum atomic E-state index is -0.825. The summed E-state index contributed by atoms with van der Waals surface area (Å²) in [4.78, 5) is 23.3. The van der Waals surface area contributed by atoms with Crippen LogP contribution in [0.15, 0.2) is 76.9 Å². The Morgan fingerprint density at radius 1 is 1.17 bits per heavy atom. The summed E-state index contributed by atoms with van der Waals surface area (Å²) in [5.41, 5.74) is 6.66. The zero-order valence-electron chi connectivity index (χ0n) is 22.6. The van der Waals surface area contributed by atoms with E-state index in [1.165, 1.54) is 30.4 Å². The number of amides is 1. The van der Waals surface area contributed by atoms with E-state index >= 15 is 0 Å². The quantitative estimate of drug-likeness (QED) is 0.247. The Morgan fingerprint density at radius 3 is 2.58 bits per heavy atom. The van der Waals surface area contributed by atoms with Crippen LogP contribution in [-0.2, 0) is 16.0 Å². The van der Waals surface area contributed by atoms with Crippen molar-refractivity contribution in [3.63, 3.8) is 0 Å². The lowest BCUT2D eigenvalue weighted by molar-refractivity contribution is -0.137. The molecule has 0 spiro atoms. The third-order valence-corrected chi connectivity index (χ3v) is 6.52. The van der Waals surface area contributed by atoms with Gasteiger partial charge in [0.1, 0.15) is 5.75 Å². The molecule has 0 saturated heterocycles. The Bertz CT molecular complexity index is 1100. The van der Waals surface area contributed by atoms with Gasteiger partial charge >= 0.3 is 5.97 Å². The van der Waals surface area contributed by atoms with Gasteiger partial charge in [0.2, 0.25) is 5.91 Å². The van der Waals surface area contributed by atoms with Crippen molar-refractivity contribution < 1.29 is 19.4 Å². The number of methoxy groups -OCH3 is 1. The zero-order chi connectivity index (χ0) is 26.7. The third-order valence-electron chi connectivity index (χ3n) is 6.52. The molecule has 0 aromatic heterocycles. The predicted molar refractivity (Wildman–Crippen MR) is 148 cm³/mol. The standard InChI is InChI=1S/C31H41NO4/c1-22(15-17-27-24(3)12-9-19-31(27,4)5)10-7-11-23(2)20-29(33)32-26-16-18-28(36-6)25(21-26)13-8-14-30(34)35/h7,10-11,15-18,20-21H,8-9,12-14,19H2,1-6H3,(H,32,33)(H,34,35). The van der Waals surface area contributed by atoms with Gasteiger partial charge in [0.05, 0.1) is 7.11 Å². The molecule has 0 atom stereocenters. The van der Waals surface area contributed by atoms with Gasteiger partial charge < -0.3 is 15.2 Å². The van der Waals surface area contributed by atoms with Crippen molar-refractivity contribution >= 4 is 17.6 Å². The molecule has 1 amide bonds. The number of anilines is 1. The number of nitrogens with one attached hydrogen (secondary N) is 1. The van der Waals surface area contributed by atoms with Crippen molar-refractivity contribution in [1.29, 1.82) is 0 Å². The van der Waals surface area contributed by atoms with Crippen molar-refractivity contribution in [3.05, 3.63) is 82.5 Å². The van der Waals surface area contributed by atoms with E-state index in [-0.39, 0.29) is 17.7 Å². The molecule has 5 nitrogen and oxygen atoms in total. The molecule has 1 aliphatic rings. The molecule has 2 rings (SSSR count). The number of hydrogen-bond acceptors (Lipinski definition) is 3. The van der Waals surface area contributed by atoms with E-state index in [0.29, 0.717) is 24.3 Å². The molecule has 2 N–H and O–H groups in total. The average molecular weight is 492 g/mol. The van der Waals surface area contributed by atoms with Crippen molar-refractivity contribution in [2.24, 2.45) is 5.41 Å². The Morgan fingerprint density at radius 2 is 1.92 bits per heavy atom. The van der Waals surface area contributed by atoms with Crippen LogP contribution in [-0.4, -0.2) is 24.1 Å². The monoisotopic (exact) mass is 491 g/mol. The lowest BCUT2D eigenvalue weighted by Crippen LogP contribution is -2.19. The maximum Gasteiger partial charge on any atom is 0.303 e. The maximum absolute atomic E-state index is 12.5. The summed E-state index contributed by atoms with van der Waals surface area (Å²) < 4.78 is 5.36. The highest BCUT2D eigenvalue weighted by Gasteiger charge is 2.26. The van der Waals surface area contributed by atoms with Gasteiger partial charge in [-0.2, -0.15) is 0 Å². The first kappa shape index (κ1) is 28.9. The molecular weight excluding hydrogens is 450 g/mol. The molecule has 1 aromatic carbocycles. The Hall–Kier alpha value is -3.34. The van der Waals surface area contributed by atoms with Gasteiger partial charge in [-0.05, 0) is 93.2 Å². The van der Waals surface area contributed by atoms with Gasteiger partial charge in [0.15, 0.2) is 0 Å². The number of ether oxygens (including phenoxy) is 1. The molecule has 194 valence electrons. The summed E-state index contributed by atoms with van der Waals surface area (Å²) in [6.45, 7) is 10.8. The molecule has 0 fully saturated rings. The van der Waals surface area contributed by atoms with E-state index < -0.39 is 5.97 Å². The zero-order valence-corrected chi connectivity index (χ0v) is 22.6. The number of carbonyl (C=O) groups excluding carboxylic acids is 1. The van der Waals surface area contributed by atoms with Crippen LogP contribution < -0.4 is 10.1 Å². The second-order valence-corrected chi connectivity index (χ2v) is 10.2. The first-order valence-corrected chi connectivity index (χ1v) is 12.6. The van der Waals surface area contributed by atoms with Gasteiger partial charge in [0.25, 0.3) is 0 Å². The molecule has 1 aliphatic carbocycles. The van der Waals surface area contributed by atoms with Crippen molar-refractivity contribution in [1.82, 2.24) is 0 Å². The molecule has 36 heavy (non-hydrogen) atoms. The van der Waals surface area contributed by atoms with Crippen molar-refractivity contribution in [2.75, 3.05) is 12.4 Å². The number of carbonyl (C=O) groups is 2. The van der Waals surface area contributed by atoms with Crippen LogP contribution in [0.3, 0.4) is 0 Å². The Labute approximate surface area is 216 Å². The molecule has 5 heteroatoms. The van der Waals surface area contributed by atoms with E-state index in [4.69, 9.17) is 9.84 Å². The maximum atomic E-state index is 12.5. The topological polar surface area (TPSA) is 75.6 Å². The van der Waals surface area contributed by atoms with E-state index in [9.17, 15) is 9.59 Å². The van der Waals surface area contributed by atoms with E-state index in [1.807, 2.05) is 31.2 Å². The minimum Gasteiger partial charge on any atom is -0.496 e. The molecule has 0 radical (unpaired) electrons. The molecular formula is C31H41NO4. The number of carboxylic acid groups (broad SMARTS) is 1. The van der Waals surface area contributed by atoms with E-state index in [2.05, 4.69) is 45.2 Å². The minimum absolute atomic E-state index is 0.0905. The van der Waals surface area contributed by atoms with Gasteiger partial charge in [-0.15, -0.1) is 0 Å². The van der Waals surface area contributed by atoms with Crippen molar-refractivity contribution in [3.8, 4) is 5.75 Å². The highest BCUT2D eigenvalue weighted by molar-refractivity contribution is 6.00. The second-order valence-electron chi connectivity index (χ2n) is 10.2. The van der Waals surface area contributed by atoms with Crippen LogP contribution in [0.4, 0.5) is 5.69 Å². The van der Waals surface area contributed by atoms with Gasteiger partial charge in [0, 0.05) is 18.2 Å². The lowest BCUT2D eigenvalue weighted by Gasteiger charge is -2.32. The predicted octanol–water partition coefficient (Wildman–Crippen LogP) is 7.57. The fraction of sp³-hybridized carbons (Fsp3) is 0.419. The van der Waals surface area contributed by atoms with Crippen LogP contribution in [0.5, 0.6) is 5.75 Å². The lowest BCUT2D eigenvalue weighted by atomic mass is 9.72. The SMILES string of the molecule is COc1ccc(NC(=O)C=C(C)C=CC=C(C)C=CC2=C(C)CCCC2(C)C)cc1CCCC(=O)O. The molecule has 0 heterocycles. The molecule has 0 unspecified atom stereocenters. The van der Waals surface area contributed by atoms with Crippen LogP contribution in [0.25, 0.3) is 0 Å². The first-order chi connectivity index (χ1) is 17.0. The average Bonchev–Trinajstić information content (AvgIpc) is 2.78. The van der Waals surface area contributed by atoms with Crippen LogP contribution in [0, 0.1) is 5.41 Å². The number of aliphatic carboxylic acids is 1. The highest BCUT2D eigenvalue weighted by Crippen LogP contribution is 2.40. The summed E-state index contributed by atoms with van der Waals surface area (Å²) in [5, 5.41) is 11.7. The van der Waals surface area contributed by atoms with Gasteiger partial charge in [-0.1, -0.05) is 55.4 Å². The number of rotatable bonds is 11. The number of benzene rings is 1. The smallest absolute Gasteiger partial charge is 0.303 e. The Balaban J connectivity index is 1.99. The van der Waals surface area contributed by atoms with Crippen molar-refractivity contribution in [2.45, 2.75) is 73.1 Å². The van der Waals surface area contributed by atoms with Gasteiger partial charge in [-0.25, -0.2) is 0 Å². The molecule has 1 aromatic rings. The highest BCUT2D eigenvalue weighted by atomic mass is 16.5.